The van der Waals surface area contributed by atoms with Gasteiger partial charge in [-0.3, -0.25) is 5.84 Å². The number of ether oxygens (including phenoxy) is 2. The van der Waals surface area contributed by atoms with Crippen LogP contribution in [0, 0.1) is 0 Å². The second kappa shape index (κ2) is 5.94. The highest BCUT2D eigenvalue weighted by atomic mass is 32.2. The Labute approximate surface area is 117 Å². The van der Waals surface area contributed by atoms with Crippen LogP contribution in [0.2, 0.25) is 0 Å². The van der Waals surface area contributed by atoms with Crippen LogP contribution in [0.5, 0.6) is 11.8 Å². The molecule has 1 fully saturated rings. The summed E-state index contributed by atoms with van der Waals surface area (Å²) >= 11 is 1.90. The maximum Gasteiger partial charge on any atom is 0.240 e. The molecule has 1 saturated heterocycles. The highest BCUT2D eigenvalue weighted by molar-refractivity contribution is 8.00. The molecular weight excluding hydrogens is 264 g/mol. The Bertz CT molecular complexity index is 438. The summed E-state index contributed by atoms with van der Waals surface area (Å²) in [7, 11) is 3.13. The molecule has 0 aliphatic carbocycles. The first-order valence-electron chi connectivity index (χ1n) is 6.19. The van der Waals surface area contributed by atoms with Crippen molar-refractivity contribution in [2.24, 2.45) is 5.84 Å². The highest BCUT2D eigenvalue weighted by Gasteiger charge is 2.40. The number of thioether (sulfide) groups is 1. The van der Waals surface area contributed by atoms with E-state index in [1.54, 1.807) is 20.4 Å². The number of methoxy groups -OCH3 is 2. The summed E-state index contributed by atoms with van der Waals surface area (Å²) in [5, 5.41) is 0. The topological polar surface area (TPSA) is 82.3 Å². The summed E-state index contributed by atoms with van der Waals surface area (Å²) in [6.07, 6.45) is 3.86. The van der Waals surface area contributed by atoms with E-state index in [2.05, 4.69) is 22.3 Å². The lowest BCUT2D eigenvalue weighted by molar-refractivity contribution is 0.336. The summed E-state index contributed by atoms with van der Waals surface area (Å²) in [6.45, 7) is 2.19. The third-order valence-electron chi connectivity index (χ3n) is 3.45. The van der Waals surface area contributed by atoms with Gasteiger partial charge in [0.2, 0.25) is 11.8 Å². The molecule has 2 unspecified atom stereocenters. The molecule has 1 aromatic rings. The summed E-state index contributed by atoms with van der Waals surface area (Å²) in [5.74, 6) is 7.77. The Morgan fingerprint density at radius 2 is 2.26 bits per heavy atom. The Kier molecular flexibility index (Phi) is 4.49. The van der Waals surface area contributed by atoms with Crippen LogP contribution >= 0.6 is 11.8 Å². The average Bonchev–Trinajstić information content (AvgIpc) is 2.87. The number of hydrogen-bond donors (Lipinski definition) is 2. The van der Waals surface area contributed by atoms with Crippen molar-refractivity contribution in [1.82, 2.24) is 15.4 Å². The quantitative estimate of drug-likeness (QED) is 0.622. The molecule has 7 heteroatoms. The zero-order valence-corrected chi connectivity index (χ0v) is 12.3. The molecule has 3 N–H and O–H groups in total. The van der Waals surface area contributed by atoms with E-state index in [1.165, 1.54) is 6.42 Å². The van der Waals surface area contributed by atoms with Crippen LogP contribution in [0.4, 0.5) is 0 Å². The van der Waals surface area contributed by atoms with Crippen LogP contribution < -0.4 is 20.7 Å². The Morgan fingerprint density at radius 3 is 2.79 bits per heavy atom. The van der Waals surface area contributed by atoms with Gasteiger partial charge in [0.1, 0.15) is 5.69 Å². The molecule has 1 aliphatic heterocycles. The van der Waals surface area contributed by atoms with E-state index >= 15 is 0 Å². The van der Waals surface area contributed by atoms with Crippen LogP contribution in [-0.4, -0.2) is 34.7 Å². The lowest BCUT2D eigenvalue weighted by atomic mass is 9.94. The molecule has 1 aromatic heterocycles. The van der Waals surface area contributed by atoms with Crippen molar-refractivity contribution in [3.63, 3.8) is 0 Å². The van der Waals surface area contributed by atoms with E-state index in [0.717, 1.165) is 17.9 Å². The molecule has 0 amide bonds. The predicted octanol–water partition coefficient (Wildman–Crippen LogP) is 1.28. The monoisotopic (exact) mass is 284 g/mol. The fourth-order valence-electron chi connectivity index (χ4n) is 2.39. The van der Waals surface area contributed by atoms with E-state index in [1.807, 2.05) is 11.8 Å². The van der Waals surface area contributed by atoms with Crippen molar-refractivity contribution >= 4 is 11.8 Å². The van der Waals surface area contributed by atoms with Crippen LogP contribution in [-0.2, 0) is 0 Å². The maximum atomic E-state index is 5.75. The van der Waals surface area contributed by atoms with E-state index in [-0.39, 0.29) is 10.8 Å². The van der Waals surface area contributed by atoms with Gasteiger partial charge in [-0.2, -0.15) is 16.7 Å². The second-order valence-corrected chi connectivity index (χ2v) is 6.30. The minimum absolute atomic E-state index is 0.00526. The first kappa shape index (κ1) is 14.4. The van der Waals surface area contributed by atoms with Crippen molar-refractivity contribution in [3.8, 4) is 11.8 Å². The van der Waals surface area contributed by atoms with Crippen LogP contribution in [0.3, 0.4) is 0 Å². The van der Waals surface area contributed by atoms with Crippen molar-refractivity contribution in [1.29, 1.82) is 0 Å². The third kappa shape index (κ3) is 2.77. The van der Waals surface area contributed by atoms with Gasteiger partial charge >= 0.3 is 0 Å². The first-order chi connectivity index (χ1) is 9.14. The number of nitrogens with zero attached hydrogens (tertiary/aromatic N) is 2. The number of aromatic nitrogens is 2. The molecule has 0 bridgehead atoms. The first-order valence-corrected chi connectivity index (χ1v) is 7.18. The SMILES string of the molecule is COc1cnc(C(NN)C2(C)CCCS2)c(OC)n1. The van der Waals surface area contributed by atoms with Gasteiger partial charge < -0.3 is 9.47 Å². The number of rotatable bonds is 5. The number of hydrazine groups is 1. The molecule has 2 atom stereocenters. The molecule has 2 heterocycles. The summed E-state index contributed by atoms with van der Waals surface area (Å²) in [4.78, 5) is 8.68. The van der Waals surface area contributed by atoms with Crippen molar-refractivity contribution in [2.45, 2.75) is 30.6 Å². The number of nitrogens with one attached hydrogen (secondary N) is 1. The molecular formula is C12H20N4O2S. The molecule has 0 saturated carbocycles. The van der Waals surface area contributed by atoms with Gasteiger partial charge in [0.25, 0.3) is 0 Å². The van der Waals surface area contributed by atoms with Gasteiger partial charge in [0.05, 0.1) is 26.5 Å². The van der Waals surface area contributed by atoms with E-state index in [9.17, 15) is 0 Å². The van der Waals surface area contributed by atoms with E-state index in [0.29, 0.717) is 11.8 Å². The Balaban J connectivity index is 2.37. The molecule has 2 rings (SSSR count). The zero-order valence-electron chi connectivity index (χ0n) is 11.5. The smallest absolute Gasteiger partial charge is 0.240 e. The van der Waals surface area contributed by atoms with Crippen LogP contribution in [0.25, 0.3) is 0 Å². The molecule has 0 aromatic carbocycles. The largest absolute Gasteiger partial charge is 0.480 e. The summed E-state index contributed by atoms with van der Waals surface area (Å²) in [5.41, 5.74) is 3.59. The van der Waals surface area contributed by atoms with Gasteiger partial charge in [0.15, 0.2) is 0 Å². The Morgan fingerprint density at radius 1 is 1.47 bits per heavy atom. The Hall–Kier alpha value is -1.05. The minimum atomic E-state index is -0.103. The normalized spacial score (nSPS) is 24.2. The fraction of sp³-hybridized carbons (Fsp3) is 0.667. The zero-order chi connectivity index (χ0) is 13.9. The van der Waals surface area contributed by atoms with Gasteiger partial charge in [-0.05, 0) is 25.5 Å². The van der Waals surface area contributed by atoms with E-state index < -0.39 is 0 Å². The average molecular weight is 284 g/mol. The van der Waals surface area contributed by atoms with Crippen molar-refractivity contribution in [2.75, 3.05) is 20.0 Å². The van der Waals surface area contributed by atoms with E-state index in [4.69, 9.17) is 15.3 Å². The van der Waals surface area contributed by atoms with Gasteiger partial charge in [-0.1, -0.05) is 0 Å². The fourth-order valence-corrected chi connectivity index (χ4v) is 3.78. The molecule has 106 valence electrons. The van der Waals surface area contributed by atoms with Crippen molar-refractivity contribution < 1.29 is 9.47 Å². The molecule has 0 spiro atoms. The van der Waals surface area contributed by atoms with Crippen LogP contribution in [0.15, 0.2) is 6.20 Å². The number of hydrogen-bond acceptors (Lipinski definition) is 7. The second-order valence-electron chi connectivity index (χ2n) is 4.67. The molecule has 0 radical (unpaired) electrons. The number of nitrogens with two attached hydrogens (primary N) is 1. The van der Waals surface area contributed by atoms with Gasteiger partial charge in [-0.15, -0.1) is 0 Å². The molecule has 1 aliphatic rings. The molecule has 19 heavy (non-hydrogen) atoms. The lowest BCUT2D eigenvalue weighted by Crippen LogP contribution is -2.42. The third-order valence-corrected chi connectivity index (χ3v) is 5.04. The summed E-state index contributed by atoms with van der Waals surface area (Å²) < 4.78 is 10.4. The maximum absolute atomic E-state index is 5.75. The molecule has 6 nitrogen and oxygen atoms in total. The van der Waals surface area contributed by atoms with Gasteiger partial charge in [0, 0.05) is 4.75 Å². The minimum Gasteiger partial charge on any atom is -0.480 e. The predicted molar refractivity (Wildman–Crippen MR) is 75.3 cm³/mol. The van der Waals surface area contributed by atoms with Crippen molar-refractivity contribution in [3.05, 3.63) is 11.9 Å². The lowest BCUT2D eigenvalue weighted by Gasteiger charge is -2.32. The standard InChI is InChI=1S/C12H20N4O2S/c1-12(5-4-6-19-12)10(16-13)9-11(18-3)15-8(17-2)7-14-9/h7,10,16H,4-6,13H2,1-3H3. The highest BCUT2D eigenvalue weighted by Crippen LogP contribution is 2.47. The van der Waals surface area contributed by atoms with Gasteiger partial charge in [-0.25, -0.2) is 10.4 Å². The van der Waals surface area contributed by atoms with Crippen LogP contribution in [0.1, 0.15) is 31.5 Å². The summed E-state index contributed by atoms with van der Waals surface area (Å²) in [6, 6.07) is -0.103.